The van der Waals surface area contributed by atoms with Crippen LogP contribution < -0.4 is 16.0 Å². The lowest BCUT2D eigenvalue weighted by molar-refractivity contribution is -0.153. The maximum absolute atomic E-state index is 14.1. The van der Waals surface area contributed by atoms with Gasteiger partial charge in [0.05, 0.1) is 17.3 Å². The van der Waals surface area contributed by atoms with Gasteiger partial charge in [0.1, 0.15) is 34.5 Å². The van der Waals surface area contributed by atoms with Crippen molar-refractivity contribution in [2.45, 2.75) is 31.0 Å². The fourth-order valence-electron chi connectivity index (χ4n) is 6.74. The molecule has 0 radical (unpaired) electrons. The summed E-state index contributed by atoms with van der Waals surface area (Å²) in [6.45, 7) is -0.0945. The molecule has 3 aliphatic rings. The lowest BCUT2D eigenvalue weighted by Crippen LogP contribution is -2.65. The number of halogens is 2. The van der Waals surface area contributed by atoms with E-state index in [2.05, 4.69) is 5.32 Å². The zero-order chi connectivity index (χ0) is 31.7. The van der Waals surface area contributed by atoms with Crippen LogP contribution in [-0.2, 0) is 27.3 Å². The van der Waals surface area contributed by atoms with Crippen molar-refractivity contribution in [3.05, 3.63) is 69.5 Å². The number of nitrogens with two attached hydrogens (primary N) is 1. The zero-order valence-electron chi connectivity index (χ0n) is 23.9. The van der Waals surface area contributed by atoms with Gasteiger partial charge in [-0.25, -0.2) is 8.78 Å². The molecule has 0 bridgehead atoms. The predicted molar refractivity (Wildman–Crippen MR) is 152 cm³/mol. The van der Waals surface area contributed by atoms with E-state index in [0.717, 1.165) is 18.2 Å². The van der Waals surface area contributed by atoms with Gasteiger partial charge in [-0.15, -0.1) is 0 Å². The van der Waals surface area contributed by atoms with Crippen molar-refractivity contribution in [3.63, 3.8) is 0 Å². The van der Waals surface area contributed by atoms with Gasteiger partial charge in [-0.3, -0.25) is 19.3 Å². The van der Waals surface area contributed by atoms with Gasteiger partial charge in [-0.2, -0.15) is 0 Å². The lowest BCUT2D eigenvalue weighted by atomic mass is 9.57. The molecule has 11 nitrogen and oxygen atoms in total. The highest BCUT2D eigenvalue weighted by Crippen LogP contribution is 2.54. The van der Waals surface area contributed by atoms with E-state index in [0.29, 0.717) is 11.3 Å². The Morgan fingerprint density at radius 2 is 1.70 bits per heavy atom. The Hall–Kier alpha value is -4.49. The number of nitrogens with zero attached hydrogens (tertiary/aromatic N) is 2. The van der Waals surface area contributed by atoms with Crippen LogP contribution in [0.2, 0.25) is 0 Å². The van der Waals surface area contributed by atoms with Crippen molar-refractivity contribution in [1.82, 2.24) is 4.90 Å². The fraction of sp³-hybridized carbons (Fsp3) is 0.367. The molecule has 0 spiro atoms. The second-order valence-electron chi connectivity index (χ2n) is 11.6. The van der Waals surface area contributed by atoms with Gasteiger partial charge < -0.3 is 36.4 Å². The minimum Gasteiger partial charge on any atom is -0.508 e. The molecular weight excluding hydrogens is 566 g/mol. The third-order valence-electron chi connectivity index (χ3n) is 8.58. The molecule has 4 atom stereocenters. The number of benzene rings is 2. The number of nitrogens with one attached hydrogen (secondary N) is 1. The molecule has 1 amide bonds. The van der Waals surface area contributed by atoms with Crippen molar-refractivity contribution in [1.29, 1.82) is 0 Å². The highest BCUT2D eigenvalue weighted by molar-refractivity contribution is 6.24. The van der Waals surface area contributed by atoms with Gasteiger partial charge in [0.25, 0.3) is 5.91 Å². The average Bonchev–Trinajstić information content (AvgIpc) is 2.89. The maximum Gasteiger partial charge on any atom is 0.255 e. The zero-order valence-corrected chi connectivity index (χ0v) is 23.9. The molecule has 2 aromatic rings. The first-order valence-corrected chi connectivity index (χ1v) is 13.5. The summed E-state index contributed by atoms with van der Waals surface area (Å²) in [6, 6.07) is 3.39. The van der Waals surface area contributed by atoms with E-state index in [1.165, 1.54) is 19.0 Å². The number of aromatic hydroxyl groups is 1. The molecule has 0 saturated heterocycles. The molecule has 228 valence electrons. The molecule has 1 saturated carbocycles. The first kappa shape index (κ1) is 30.0. The molecule has 1 fully saturated rings. The third-order valence-corrected chi connectivity index (χ3v) is 8.58. The van der Waals surface area contributed by atoms with Gasteiger partial charge in [0, 0.05) is 43.9 Å². The number of phenolic OH excluding ortho intramolecular Hbond substituents is 1. The second kappa shape index (κ2) is 10.3. The average molecular weight is 599 g/mol. The number of hydrogen-bond donors (Lipinski definition) is 6. The summed E-state index contributed by atoms with van der Waals surface area (Å²) in [5.41, 5.74) is 2.72. The molecular formula is C30H32F2N4O7. The van der Waals surface area contributed by atoms with Crippen molar-refractivity contribution >= 4 is 34.6 Å². The van der Waals surface area contributed by atoms with Crippen LogP contribution in [0.1, 0.15) is 23.1 Å². The third kappa shape index (κ3) is 4.50. The molecule has 2 aromatic carbocycles. The summed E-state index contributed by atoms with van der Waals surface area (Å²) in [5, 5.41) is 48.6. The Bertz CT molecular complexity index is 1630. The van der Waals surface area contributed by atoms with Crippen LogP contribution in [0.3, 0.4) is 0 Å². The normalized spacial score (nSPS) is 25.0. The van der Waals surface area contributed by atoms with E-state index in [9.17, 15) is 43.6 Å². The SMILES string of the molecule is CN(C)c1cc(NCc2cc(F)cc(F)c2)c(O)c2c1CC1CC3C(N(C)C)C(=O)C(C(N)=O)=C(O)C3(O)C(=O)C1=C2O. The number of fused-ring (bicyclic) bond motifs is 3. The number of carbonyl (C=O) groups is 3. The lowest BCUT2D eigenvalue weighted by Gasteiger charge is -2.50. The second-order valence-corrected chi connectivity index (χ2v) is 11.6. The van der Waals surface area contributed by atoms with E-state index >= 15 is 0 Å². The Morgan fingerprint density at radius 1 is 1.07 bits per heavy atom. The van der Waals surface area contributed by atoms with Crippen LogP contribution in [0.15, 0.2) is 41.2 Å². The number of ketones is 2. The molecule has 5 rings (SSSR count). The molecule has 7 N–H and O–H groups in total. The summed E-state index contributed by atoms with van der Waals surface area (Å²) in [6.07, 6.45) is 0.0789. The van der Waals surface area contributed by atoms with Crippen LogP contribution in [0.4, 0.5) is 20.2 Å². The highest BCUT2D eigenvalue weighted by Gasteiger charge is 2.64. The number of carbonyl (C=O) groups excluding carboxylic acids is 3. The van der Waals surface area contributed by atoms with Crippen LogP contribution in [0, 0.1) is 23.5 Å². The van der Waals surface area contributed by atoms with Crippen LogP contribution in [0.5, 0.6) is 5.75 Å². The van der Waals surface area contributed by atoms with Gasteiger partial charge in [-0.1, -0.05) is 0 Å². The summed E-state index contributed by atoms with van der Waals surface area (Å²) in [4.78, 5) is 42.6. The van der Waals surface area contributed by atoms with Gasteiger partial charge >= 0.3 is 0 Å². The van der Waals surface area contributed by atoms with Gasteiger partial charge in [0.15, 0.2) is 11.4 Å². The Morgan fingerprint density at radius 3 is 2.26 bits per heavy atom. The van der Waals surface area contributed by atoms with E-state index in [1.807, 2.05) is 0 Å². The van der Waals surface area contributed by atoms with Crippen molar-refractivity contribution in [2.24, 2.45) is 17.6 Å². The molecule has 4 unspecified atom stereocenters. The fourth-order valence-corrected chi connectivity index (χ4v) is 6.74. The molecule has 3 aliphatic carbocycles. The van der Waals surface area contributed by atoms with Gasteiger partial charge in [0.2, 0.25) is 5.78 Å². The minimum absolute atomic E-state index is 0.0372. The summed E-state index contributed by atoms with van der Waals surface area (Å²) in [7, 11) is 6.52. The number of aliphatic hydroxyl groups is 3. The van der Waals surface area contributed by atoms with Gasteiger partial charge in [-0.05, 0) is 62.2 Å². The predicted octanol–water partition coefficient (Wildman–Crippen LogP) is 1.92. The Labute approximate surface area is 245 Å². The molecule has 0 aromatic heterocycles. The monoisotopic (exact) mass is 598 g/mol. The quantitative estimate of drug-likeness (QED) is 0.213. The number of aliphatic hydroxyl groups excluding tert-OH is 2. The first-order chi connectivity index (χ1) is 20.1. The number of anilines is 2. The highest BCUT2D eigenvalue weighted by atomic mass is 19.1. The van der Waals surface area contributed by atoms with Crippen LogP contribution in [0.25, 0.3) is 5.76 Å². The standard InChI is InChI=1S/C30H32F2N4O7/c1-35(2)19-10-18(34-11-12-5-14(31)9-15(32)6-12)24(37)21-16(19)7-13-8-17-23(36(3)4)26(39)22(29(33)42)28(41)30(17,43)27(40)20(13)25(21)38/h5-6,9-10,13,17,23,34,37-38,41,43H,7-8,11H2,1-4H3,(H2,33,42). The van der Waals surface area contributed by atoms with Crippen LogP contribution >= 0.6 is 0 Å². The first-order valence-electron chi connectivity index (χ1n) is 13.5. The maximum atomic E-state index is 14.1. The summed E-state index contributed by atoms with van der Waals surface area (Å²) >= 11 is 0. The number of amides is 1. The molecule has 0 heterocycles. The number of likely N-dealkylation sites (N-methyl/N-ethyl adjacent to an activating group) is 1. The number of phenols is 1. The van der Waals surface area contributed by atoms with Crippen LogP contribution in [-0.4, -0.2) is 82.6 Å². The topological polar surface area (TPSA) is 177 Å². The molecule has 13 heteroatoms. The molecule has 43 heavy (non-hydrogen) atoms. The minimum atomic E-state index is -2.75. The van der Waals surface area contributed by atoms with E-state index in [-0.39, 0.29) is 41.8 Å². The summed E-state index contributed by atoms with van der Waals surface area (Å²) < 4.78 is 27.5. The summed E-state index contributed by atoms with van der Waals surface area (Å²) in [5.74, 6) is -8.99. The van der Waals surface area contributed by atoms with E-state index in [1.54, 1.807) is 25.1 Å². The smallest absolute Gasteiger partial charge is 0.255 e. The largest absolute Gasteiger partial charge is 0.508 e. The Balaban J connectivity index is 1.66. The van der Waals surface area contributed by atoms with Crippen molar-refractivity contribution in [2.75, 3.05) is 38.4 Å². The van der Waals surface area contributed by atoms with Crippen molar-refractivity contribution in [3.8, 4) is 5.75 Å². The number of hydrogen-bond acceptors (Lipinski definition) is 10. The number of rotatable bonds is 6. The van der Waals surface area contributed by atoms with E-state index in [4.69, 9.17) is 5.73 Å². The number of primary amides is 1. The Kier molecular flexibility index (Phi) is 7.22. The molecule has 0 aliphatic heterocycles. The van der Waals surface area contributed by atoms with E-state index < -0.39 is 75.4 Å². The number of Topliss-reactive ketones (excluding diaryl/α,β-unsaturated/α-hetero) is 2. The van der Waals surface area contributed by atoms with Crippen molar-refractivity contribution < 1.29 is 43.6 Å².